The number of nitrogens with zero attached hydrogens (tertiary/aromatic N) is 2. The first-order valence-electron chi connectivity index (χ1n) is 9.72. The molecule has 4 aromatic rings. The van der Waals surface area contributed by atoms with Crippen LogP contribution in [0, 0.1) is 22.7 Å². The lowest BCUT2D eigenvalue weighted by Crippen LogP contribution is -2.45. The lowest BCUT2D eigenvalue weighted by molar-refractivity contribution is -0.127. The van der Waals surface area contributed by atoms with Crippen molar-refractivity contribution in [1.29, 1.82) is 10.5 Å². The Morgan fingerprint density at radius 1 is 0.935 bits per heavy atom. The van der Waals surface area contributed by atoms with E-state index >= 15 is 0 Å². The highest BCUT2D eigenvalue weighted by Crippen LogP contribution is 2.54. The number of furan rings is 1. The predicted molar refractivity (Wildman–Crippen MR) is 111 cm³/mol. The topological polar surface area (TPSA) is 88.4 Å². The molecule has 0 bridgehead atoms. The SMILES string of the molecule is COc1cccc2c1-c1oc(C#N)c(C#N)c1CC21Oc2cccc3cccc(c23)O1. The van der Waals surface area contributed by atoms with Crippen molar-refractivity contribution in [2.45, 2.75) is 12.2 Å². The Kier molecular flexibility index (Phi) is 3.40. The van der Waals surface area contributed by atoms with Crippen LogP contribution in [0.3, 0.4) is 0 Å². The fourth-order valence-corrected chi connectivity index (χ4v) is 4.62. The molecule has 1 spiro atoms. The Morgan fingerprint density at radius 3 is 2.29 bits per heavy atom. The van der Waals surface area contributed by atoms with Crippen LogP contribution in [0.25, 0.3) is 22.1 Å². The maximum Gasteiger partial charge on any atom is 0.283 e. The summed E-state index contributed by atoms with van der Waals surface area (Å²) in [5.41, 5.74) is 2.10. The molecule has 0 saturated heterocycles. The van der Waals surface area contributed by atoms with E-state index in [1.165, 1.54) is 0 Å². The molecule has 1 aliphatic carbocycles. The van der Waals surface area contributed by atoms with Gasteiger partial charge in [0.15, 0.2) is 0 Å². The van der Waals surface area contributed by atoms with Gasteiger partial charge in [-0.15, -0.1) is 0 Å². The lowest BCUT2D eigenvalue weighted by atomic mass is 9.83. The molecule has 1 aromatic heterocycles. The zero-order chi connectivity index (χ0) is 21.2. The molecule has 0 N–H and O–H groups in total. The van der Waals surface area contributed by atoms with Crippen LogP contribution in [-0.4, -0.2) is 7.11 Å². The lowest BCUT2D eigenvalue weighted by Gasteiger charge is -2.41. The van der Waals surface area contributed by atoms with Crippen molar-refractivity contribution in [3.63, 3.8) is 0 Å². The fraction of sp³-hybridized carbons (Fsp3) is 0.120. The van der Waals surface area contributed by atoms with Crippen LogP contribution in [0.1, 0.15) is 22.5 Å². The number of fused-ring (bicyclic) bond motifs is 4. The van der Waals surface area contributed by atoms with Gasteiger partial charge < -0.3 is 18.6 Å². The number of benzene rings is 3. The molecule has 1 aliphatic heterocycles. The van der Waals surface area contributed by atoms with Crippen molar-refractivity contribution < 1.29 is 18.6 Å². The van der Waals surface area contributed by atoms with Gasteiger partial charge in [0.1, 0.15) is 40.7 Å². The van der Waals surface area contributed by atoms with E-state index < -0.39 is 5.79 Å². The van der Waals surface area contributed by atoms with E-state index in [1.54, 1.807) is 13.2 Å². The van der Waals surface area contributed by atoms with Gasteiger partial charge in [0.2, 0.25) is 5.76 Å². The molecule has 31 heavy (non-hydrogen) atoms. The third kappa shape index (κ3) is 2.19. The van der Waals surface area contributed by atoms with Crippen molar-refractivity contribution in [3.8, 4) is 40.7 Å². The third-order valence-corrected chi connectivity index (χ3v) is 5.89. The molecule has 0 saturated carbocycles. The van der Waals surface area contributed by atoms with E-state index in [1.807, 2.05) is 54.6 Å². The summed E-state index contributed by atoms with van der Waals surface area (Å²) in [6.45, 7) is 0. The maximum atomic E-state index is 9.76. The fourth-order valence-electron chi connectivity index (χ4n) is 4.62. The van der Waals surface area contributed by atoms with E-state index in [9.17, 15) is 10.5 Å². The number of hydrogen-bond donors (Lipinski definition) is 0. The van der Waals surface area contributed by atoms with Gasteiger partial charge >= 0.3 is 0 Å². The average molecular weight is 406 g/mol. The zero-order valence-electron chi connectivity index (χ0n) is 16.4. The van der Waals surface area contributed by atoms with Crippen molar-refractivity contribution in [3.05, 3.63) is 77.0 Å². The van der Waals surface area contributed by atoms with E-state index in [4.69, 9.17) is 18.6 Å². The summed E-state index contributed by atoms with van der Waals surface area (Å²) in [5.74, 6) is 1.11. The normalized spacial score (nSPS) is 14.5. The summed E-state index contributed by atoms with van der Waals surface area (Å²) < 4.78 is 24.5. The van der Waals surface area contributed by atoms with Gasteiger partial charge in [-0.05, 0) is 23.6 Å². The number of ether oxygens (including phenoxy) is 3. The molecule has 3 aromatic carbocycles. The van der Waals surface area contributed by atoms with Crippen molar-refractivity contribution in [1.82, 2.24) is 0 Å². The van der Waals surface area contributed by atoms with Crippen molar-refractivity contribution in [2.75, 3.05) is 7.11 Å². The summed E-state index contributed by atoms with van der Waals surface area (Å²) in [6, 6.07) is 21.4. The average Bonchev–Trinajstić information content (AvgIpc) is 3.16. The Hall–Kier alpha value is -4.42. The van der Waals surface area contributed by atoms with Gasteiger partial charge in [0, 0.05) is 5.56 Å². The highest BCUT2D eigenvalue weighted by atomic mass is 16.7. The second-order valence-corrected chi connectivity index (χ2v) is 7.46. The summed E-state index contributed by atoms with van der Waals surface area (Å²) in [4.78, 5) is 0. The molecule has 6 rings (SSSR count). The van der Waals surface area contributed by atoms with Gasteiger partial charge in [-0.1, -0.05) is 36.4 Å². The second-order valence-electron chi connectivity index (χ2n) is 7.46. The number of hydrogen-bond acceptors (Lipinski definition) is 6. The summed E-state index contributed by atoms with van der Waals surface area (Å²) in [6.07, 6.45) is 0.210. The van der Waals surface area contributed by atoms with Gasteiger partial charge in [0.25, 0.3) is 5.79 Å². The van der Waals surface area contributed by atoms with E-state index in [0.29, 0.717) is 39.7 Å². The first kappa shape index (κ1) is 17.4. The molecule has 6 nitrogen and oxygen atoms in total. The highest BCUT2D eigenvalue weighted by molar-refractivity contribution is 5.94. The van der Waals surface area contributed by atoms with Crippen LogP contribution < -0.4 is 14.2 Å². The molecular weight excluding hydrogens is 392 g/mol. The first-order valence-corrected chi connectivity index (χ1v) is 9.72. The molecular formula is C25H14N2O4. The minimum atomic E-state index is -1.23. The molecule has 0 unspecified atom stereocenters. The second kappa shape index (κ2) is 6.04. The smallest absolute Gasteiger partial charge is 0.283 e. The summed E-state index contributed by atoms with van der Waals surface area (Å²) in [7, 11) is 1.56. The van der Waals surface area contributed by atoms with Crippen LogP contribution in [0.2, 0.25) is 0 Å². The van der Waals surface area contributed by atoms with Crippen LogP contribution in [-0.2, 0) is 12.2 Å². The molecule has 0 amide bonds. The van der Waals surface area contributed by atoms with Crippen LogP contribution >= 0.6 is 0 Å². The Bertz CT molecular complexity index is 1450. The monoisotopic (exact) mass is 406 g/mol. The van der Waals surface area contributed by atoms with Gasteiger partial charge in [-0.3, -0.25) is 0 Å². The largest absolute Gasteiger partial charge is 0.496 e. The van der Waals surface area contributed by atoms with Crippen molar-refractivity contribution >= 4 is 10.8 Å². The standard InChI is InChI=1S/C25H14N2O4/c1-28-18-8-4-7-17-23(18)24-15(16(12-26)21(13-27)29-24)11-25(17)30-19-9-2-5-14-6-3-10-20(31-25)22(14)19/h2-10H,11H2,1H3. The summed E-state index contributed by atoms with van der Waals surface area (Å²) in [5, 5.41) is 21.2. The van der Waals surface area contributed by atoms with Crippen LogP contribution in [0.4, 0.5) is 0 Å². The zero-order valence-corrected chi connectivity index (χ0v) is 16.4. The third-order valence-electron chi connectivity index (χ3n) is 5.89. The minimum Gasteiger partial charge on any atom is -0.496 e. The Balaban J connectivity index is 1.67. The Morgan fingerprint density at radius 2 is 1.65 bits per heavy atom. The molecule has 2 heterocycles. The Labute approximate surface area is 177 Å². The minimum absolute atomic E-state index is 0.0280. The first-order chi connectivity index (χ1) is 15.2. The molecule has 0 radical (unpaired) electrons. The van der Waals surface area contributed by atoms with Gasteiger partial charge in [-0.2, -0.15) is 10.5 Å². The van der Waals surface area contributed by atoms with Crippen molar-refractivity contribution in [2.24, 2.45) is 0 Å². The van der Waals surface area contributed by atoms with Gasteiger partial charge in [0.05, 0.1) is 30.0 Å². The molecule has 6 heteroatoms. The molecule has 0 fully saturated rings. The van der Waals surface area contributed by atoms with E-state index in [0.717, 1.165) is 10.8 Å². The number of methoxy groups -OCH3 is 1. The van der Waals surface area contributed by atoms with Crippen LogP contribution in [0.15, 0.2) is 59.0 Å². The highest BCUT2D eigenvalue weighted by Gasteiger charge is 2.50. The number of rotatable bonds is 1. The number of nitriles is 2. The molecule has 148 valence electrons. The van der Waals surface area contributed by atoms with Crippen LogP contribution in [0.5, 0.6) is 17.2 Å². The molecule has 0 atom stereocenters. The van der Waals surface area contributed by atoms with E-state index in [2.05, 4.69) is 6.07 Å². The molecule has 2 aliphatic rings. The van der Waals surface area contributed by atoms with Gasteiger partial charge in [-0.25, -0.2) is 0 Å². The maximum absolute atomic E-state index is 9.76. The quantitative estimate of drug-likeness (QED) is 0.440. The summed E-state index contributed by atoms with van der Waals surface area (Å²) >= 11 is 0. The predicted octanol–water partition coefficient (Wildman–Crippen LogP) is 5.03. The van der Waals surface area contributed by atoms with E-state index in [-0.39, 0.29) is 17.7 Å².